The van der Waals surface area contributed by atoms with E-state index in [1.165, 1.54) is 14.2 Å². The van der Waals surface area contributed by atoms with E-state index in [1.807, 2.05) is 25.1 Å². The van der Waals surface area contributed by atoms with Gasteiger partial charge in [0.25, 0.3) is 5.91 Å². The predicted molar refractivity (Wildman–Crippen MR) is 118 cm³/mol. The van der Waals surface area contributed by atoms with Crippen molar-refractivity contribution in [3.8, 4) is 22.6 Å². The quantitative estimate of drug-likeness (QED) is 0.603. The summed E-state index contributed by atoms with van der Waals surface area (Å²) in [4.78, 5) is 25.4. The van der Waals surface area contributed by atoms with Crippen molar-refractivity contribution in [2.45, 2.75) is 19.4 Å². The molecule has 2 N–H and O–H groups in total. The number of nitrogens with one attached hydrogen (secondary N) is 2. The molecule has 1 aliphatic rings. The summed E-state index contributed by atoms with van der Waals surface area (Å²) >= 11 is 6.13. The van der Waals surface area contributed by atoms with E-state index in [4.69, 9.17) is 21.1 Å². The maximum Gasteiger partial charge on any atom is 0.251 e. The van der Waals surface area contributed by atoms with Crippen LogP contribution in [0.5, 0.6) is 11.5 Å². The van der Waals surface area contributed by atoms with Gasteiger partial charge < -0.3 is 20.1 Å². The highest BCUT2D eigenvalue weighted by atomic mass is 35.5. The van der Waals surface area contributed by atoms with Crippen LogP contribution in [0.1, 0.15) is 18.2 Å². The Bertz CT molecular complexity index is 1170. The predicted octanol–water partition coefficient (Wildman–Crippen LogP) is 4.05. The number of carbonyl (C=O) groups excluding carboxylic acids is 2. The molecule has 160 valence electrons. The number of amides is 2. The number of hydrogen-bond acceptors (Lipinski definition) is 5. The lowest BCUT2D eigenvalue weighted by atomic mass is 10.1. The van der Waals surface area contributed by atoms with Crippen molar-refractivity contribution in [2.75, 3.05) is 24.9 Å². The number of rotatable bonds is 6. The molecule has 0 saturated heterocycles. The maximum atomic E-state index is 12.8. The number of aryl methyl sites for hydroxylation is 1. The molecule has 1 aromatic heterocycles. The van der Waals surface area contributed by atoms with Gasteiger partial charge in [-0.05, 0) is 36.8 Å². The third-order valence-electron chi connectivity index (χ3n) is 5.10. The van der Waals surface area contributed by atoms with Crippen molar-refractivity contribution < 1.29 is 19.1 Å². The molecule has 0 bridgehead atoms. The number of nitrogens with zero attached hydrogens (tertiary/aromatic N) is 2. The van der Waals surface area contributed by atoms with Gasteiger partial charge in [-0.1, -0.05) is 23.7 Å². The first-order valence-corrected chi connectivity index (χ1v) is 9.97. The monoisotopic (exact) mass is 440 g/mol. The van der Waals surface area contributed by atoms with Crippen LogP contribution in [0.15, 0.2) is 42.5 Å². The van der Waals surface area contributed by atoms with Gasteiger partial charge in [0, 0.05) is 16.7 Å². The molecule has 0 radical (unpaired) electrons. The molecule has 1 atom stereocenters. The molecule has 1 unspecified atom stereocenters. The van der Waals surface area contributed by atoms with Crippen LogP contribution < -0.4 is 20.1 Å². The number of anilines is 2. The highest BCUT2D eigenvalue weighted by Gasteiger charge is 2.36. The van der Waals surface area contributed by atoms with Crippen LogP contribution in [-0.4, -0.2) is 35.8 Å². The van der Waals surface area contributed by atoms with Gasteiger partial charge in [0.15, 0.2) is 0 Å². The van der Waals surface area contributed by atoms with Gasteiger partial charge >= 0.3 is 0 Å². The van der Waals surface area contributed by atoms with Crippen LogP contribution in [0.2, 0.25) is 5.02 Å². The molecule has 2 amide bonds. The highest BCUT2D eigenvalue weighted by molar-refractivity contribution is 6.30. The Balaban J connectivity index is 1.59. The zero-order valence-corrected chi connectivity index (χ0v) is 18.0. The average Bonchev–Trinajstić information content (AvgIpc) is 3.21. The summed E-state index contributed by atoms with van der Waals surface area (Å²) in [5, 5.41) is 10.8. The molecular formula is C22H21ClN4O4. The number of fused-ring (bicyclic) bond motifs is 1. The molecule has 2 aromatic carbocycles. The van der Waals surface area contributed by atoms with Crippen LogP contribution in [0.25, 0.3) is 11.1 Å². The summed E-state index contributed by atoms with van der Waals surface area (Å²) in [5.74, 6) is 0.979. The third kappa shape index (κ3) is 3.94. The second-order valence-electron chi connectivity index (χ2n) is 7.09. The summed E-state index contributed by atoms with van der Waals surface area (Å²) in [5.41, 5.74) is 2.82. The molecular weight excluding hydrogens is 420 g/mol. The SMILES string of the molecule is COc1ccc(OC)c(NC(=O)CC2C(=O)Nc3c(-c4cccc(Cl)c4)c(C)nn32)c1. The largest absolute Gasteiger partial charge is 0.497 e. The van der Waals surface area contributed by atoms with E-state index in [0.717, 1.165) is 16.8 Å². The second-order valence-corrected chi connectivity index (χ2v) is 7.52. The normalized spacial score (nSPS) is 14.7. The molecule has 2 heterocycles. The van der Waals surface area contributed by atoms with E-state index in [2.05, 4.69) is 15.7 Å². The summed E-state index contributed by atoms with van der Waals surface area (Å²) in [7, 11) is 3.05. The van der Waals surface area contributed by atoms with Gasteiger partial charge in [0.05, 0.1) is 32.0 Å². The standard InChI is InChI=1S/C22H21ClN4O4/c1-12-20(13-5-4-6-14(23)9-13)21-25-22(29)17(27(21)26-12)11-19(28)24-16-10-15(30-2)7-8-18(16)31-3/h4-10,17H,11H2,1-3H3,(H,24,28)(H,25,29). The van der Waals surface area contributed by atoms with Crippen molar-refractivity contribution >= 4 is 34.9 Å². The number of ether oxygens (including phenoxy) is 2. The minimum Gasteiger partial charge on any atom is -0.497 e. The highest BCUT2D eigenvalue weighted by Crippen LogP contribution is 2.39. The smallest absolute Gasteiger partial charge is 0.251 e. The summed E-state index contributed by atoms with van der Waals surface area (Å²) < 4.78 is 12.1. The molecule has 0 saturated carbocycles. The van der Waals surface area contributed by atoms with Crippen LogP contribution >= 0.6 is 11.6 Å². The van der Waals surface area contributed by atoms with Gasteiger partial charge in [0.2, 0.25) is 5.91 Å². The molecule has 8 nitrogen and oxygen atoms in total. The molecule has 0 spiro atoms. The Morgan fingerprint density at radius 1 is 1.23 bits per heavy atom. The fraction of sp³-hybridized carbons (Fsp3) is 0.227. The Hall–Kier alpha value is -3.52. The van der Waals surface area contributed by atoms with Crippen LogP contribution in [0.4, 0.5) is 11.5 Å². The lowest BCUT2D eigenvalue weighted by Crippen LogP contribution is -2.24. The molecule has 1 aliphatic heterocycles. The molecule has 31 heavy (non-hydrogen) atoms. The van der Waals surface area contributed by atoms with Gasteiger partial charge in [0.1, 0.15) is 23.4 Å². The van der Waals surface area contributed by atoms with Crippen molar-refractivity contribution in [1.29, 1.82) is 0 Å². The molecule has 9 heteroatoms. The van der Waals surface area contributed by atoms with Crippen LogP contribution in [0, 0.1) is 6.92 Å². The third-order valence-corrected chi connectivity index (χ3v) is 5.33. The topological polar surface area (TPSA) is 94.5 Å². The minimum atomic E-state index is -0.766. The van der Waals surface area contributed by atoms with Crippen molar-refractivity contribution in [1.82, 2.24) is 9.78 Å². The molecule has 0 fully saturated rings. The van der Waals surface area contributed by atoms with Gasteiger partial charge in [-0.2, -0.15) is 5.10 Å². The zero-order chi connectivity index (χ0) is 22.1. The van der Waals surface area contributed by atoms with Crippen molar-refractivity contribution in [3.05, 3.63) is 53.2 Å². The fourth-order valence-electron chi connectivity index (χ4n) is 3.66. The van der Waals surface area contributed by atoms with Crippen LogP contribution in [0.3, 0.4) is 0 Å². The van der Waals surface area contributed by atoms with Crippen LogP contribution in [-0.2, 0) is 9.59 Å². The molecule has 0 aliphatic carbocycles. The lowest BCUT2D eigenvalue weighted by Gasteiger charge is -2.13. The van der Waals surface area contributed by atoms with Gasteiger partial charge in [-0.15, -0.1) is 0 Å². The lowest BCUT2D eigenvalue weighted by molar-refractivity contribution is -0.123. The van der Waals surface area contributed by atoms with Gasteiger partial charge in [-0.3, -0.25) is 9.59 Å². The number of methoxy groups -OCH3 is 2. The summed E-state index contributed by atoms with van der Waals surface area (Å²) in [6, 6.07) is 11.7. The van der Waals surface area contributed by atoms with E-state index < -0.39 is 6.04 Å². The maximum absolute atomic E-state index is 12.8. The number of benzene rings is 2. The zero-order valence-electron chi connectivity index (χ0n) is 17.2. The Morgan fingerprint density at radius 3 is 2.74 bits per heavy atom. The van der Waals surface area contributed by atoms with E-state index in [1.54, 1.807) is 28.9 Å². The summed E-state index contributed by atoms with van der Waals surface area (Å²) in [6.07, 6.45) is -0.0880. The van der Waals surface area contributed by atoms with E-state index in [0.29, 0.717) is 28.0 Å². The number of halogens is 1. The second kappa shape index (κ2) is 8.31. The first kappa shape index (κ1) is 20.7. The van der Waals surface area contributed by atoms with E-state index in [-0.39, 0.29) is 18.2 Å². The van der Waals surface area contributed by atoms with E-state index in [9.17, 15) is 9.59 Å². The molecule has 4 rings (SSSR count). The Morgan fingerprint density at radius 2 is 2.03 bits per heavy atom. The first-order chi connectivity index (χ1) is 14.9. The fourth-order valence-corrected chi connectivity index (χ4v) is 3.85. The van der Waals surface area contributed by atoms with Gasteiger partial charge in [-0.25, -0.2) is 4.68 Å². The number of hydrogen-bond donors (Lipinski definition) is 2. The van der Waals surface area contributed by atoms with Crippen molar-refractivity contribution in [2.24, 2.45) is 0 Å². The summed E-state index contributed by atoms with van der Waals surface area (Å²) in [6.45, 7) is 1.85. The average molecular weight is 441 g/mol. The Labute approximate surface area is 184 Å². The first-order valence-electron chi connectivity index (χ1n) is 9.59. The number of carbonyl (C=O) groups is 2. The number of aromatic nitrogens is 2. The minimum absolute atomic E-state index is 0.0880. The Kier molecular flexibility index (Phi) is 5.56. The molecule has 3 aromatic rings. The van der Waals surface area contributed by atoms with Crippen molar-refractivity contribution in [3.63, 3.8) is 0 Å². The van der Waals surface area contributed by atoms with E-state index >= 15 is 0 Å².